The smallest absolute Gasteiger partial charge is 0.264 e. The van der Waals surface area contributed by atoms with Crippen LogP contribution >= 0.6 is 11.6 Å². The molecule has 3 aromatic carbocycles. The number of nitrogens with zero attached hydrogens (tertiary/aromatic N) is 2. The molecule has 33 heavy (non-hydrogen) atoms. The number of anilines is 1. The van der Waals surface area contributed by atoms with Crippen molar-refractivity contribution in [3.8, 4) is 11.5 Å². The number of amides is 1. The Kier molecular flexibility index (Phi) is 6.52. The van der Waals surface area contributed by atoms with Gasteiger partial charge in [-0.3, -0.25) is 9.10 Å². The van der Waals surface area contributed by atoms with Gasteiger partial charge in [-0.1, -0.05) is 29.3 Å². The monoisotopic (exact) mass is 485 g/mol. The number of nitrogens with one attached hydrogen (secondary N) is 1. The number of carbonyl (C=O) groups is 1. The first kappa shape index (κ1) is 22.6. The summed E-state index contributed by atoms with van der Waals surface area (Å²) < 4.78 is 38.2. The van der Waals surface area contributed by atoms with E-state index in [2.05, 4.69) is 10.5 Å². The third-order valence-corrected chi connectivity index (χ3v) is 6.85. The number of ether oxygens (including phenoxy) is 2. The van der Waals surface area contributed by atoms with Crippen molar-refractivity contribution in [2.24, 2.45) is 5.10 Å². The number of fused-ring (bicyclic) bond motifs is 1. The molecule has 0 aromatic heterocycles. The molecule has 4 rings (SSSR count). The van der Waals surface area contributed by atoms with Crippen molar-refractivity contribution >= 4 is 39.4 Å². The van der Waals surface area contributed by atoms with E-state index in [9.17, 15) is 13.2 Å². The fourth-order valence-electron chi connectivity index (χ4n) is 3.10. The summed E-state index contributed by atoms with van der Waals surface area (Å²) in [5.74, 6) is 0.608. The molecule has 0 saturated heterocycles. The lowest BCUT2D eigenvalue weighted by Crippen LogP contribution is -2.39. The van der Waals surface area contributed by atoms with Crippen LogP contribution in [0, 0.1) is 6.92 Å². The lowest BCUT2D eigenvalue weighted by Gasteiger charge is -2.23. The van der Waals surface area contributed by atoms with E-state index in [4.69, 9.17) is 21.1 Å². The van der Waals surface area contributed by atoms with E-state index in [0.717, 1.165) is 9.87 Å². The van der Waals surface area contributed by atoms with E-state index in [1.54, 1.807) is 42.5 Å². The zero-order valence-electron chi connectivity index (χ0n) is 17.6. The Labute approximate surface area is 196 Å². The van der Waals surface area contributed by atoms with Crippen LogP contribution in [0.15, 0.2) is 76.7 Å². The van der Waals surface area contributed by atoms with Gasteiger partial charge in [0.05, 0.1) is 16.8 Å². The summed E-state index contributed by atoms with van der Waals surface area (Å²) in [6.07, 6.45) is 1.43. The molecule has 10 heteroatoms. The molecule has 170 valence electrons. The molecule has 3 aromatic rings. The molecule has 0 radical (unpaired) electrons. The lowest BCUT2D eigenvalue weighted by molar-refractivity contribution is -0.119. The van der Waals surface area contributed by atoms with Crippen LogP contribution < -0.4 is 19.2 Å². The molecular formula is C23H20ClN3O5S. The highest BCUT2D eigenvalue weighted by Gasteiger charge is 2.27. The molecule has 0 saturated carbocycles. The van der Waals surface area contributed by atoms with Crippen LogP contribution in [0.1, 0.15) is 11.1 Å². The normalized spacial score (nSPS) is 12.7. The Morgan fingerprint density at radius 3 is 2.48 bits per heavy atom. The zero-order chi connectivity index (χ0) is 23.4. The van der Waals surface area contributed by atoms with Crippen molar-refractivity contribution in [2.75, 3.05) is 17.6 Å². The average Bonchev–Trinajstić information content (AvgIpc) is 3.26. The summed E-state index contributed by atoms with van der Waals surface area (Å²) in [4.78, 5) is 12.7. The van der Waals surface area contributed by atoms with E-state index >= 15 is 0 Å². The van der Waals surface area contributed by atoms with Gasteiger partial charge in [0.1, 0.15) is 6.54 Å². The number of hydrogen-bond acceptors (Lipinski definition) is 6. The quantitative estimate of drug-likeness (QED) is 0.406. The maximum absolute atomic E-state index is 13.3. The number of carbonyl (C=O) groups excluding carboxylic acids is 1. The summed E-state index contributed by atoms with van der Waals surface area (Å²) in [5.41, 5.74) is 4.27. The highest BCUT2D eigenvalue weighted by molar-refractivity contribution is 7.92. The van der Waals surface area contributed by atoms with Crippen molar-refractivity contribution in [3.63, 3.8) is 0 Å². The van der Waals surface area contributed by atoms with E-state index in [-0.39, 0.29) is 11.7 Å². The van der Waals surface area contributed by atoms with Gasteiger partial charge < -0.3 is 9.47 Å². The van der Waals surface area contributed by atoms with E-state index in [0.29, 0.717) is 27.8 Å². The lowest BCUT2D eigenvalue weighted by atomic mass is 10.2. The molecule has 0 atom stereocenters. The molecule has 0 bridgehead atoms. The molecule has 0 aliphatic carbocycles. The van der Waals surface area contributed by atoms with Gasteiger partial charge in [0.15, 0.2) is 11.5 Å². The van der Waals surface area contributed by atoms with Crippen molar-refractivity contribution in [1.29, 1.82) is 0 Å². The van der Waals surface area contributed by atoms with Gasteiger partial charge in [0.25, 0.3) is 15.9 Å². The number of sulfonamides is 1. The molecule has 1 heterocycles. The van der Waals surface area contributed by atoms with Gasteiger partial charge in [-0.25, -0.2) is 13.8 Å². The fourth-order valence-corrected chi connectivity index (χ4v) is 4.64. The predicted octanol–water partition coefficient (Wildman–Crippen LogP) is 3.72. The van der Waals surface area contributed by atoms with Gasteiger partial charge in [-0.2, -0.15) is 5.10 Å². The van der Waals surface area contributed by atoms with Crippen molar-refractivity contribution in [3.05, 3.63) is 82.9 Å². The molecule has 1 N–H and O–H groups in total. The maximum atomic E-state index is 13.3. The number of hydrazone groups is 1. The van der Waals surface area contributed by atoms with Crippen LogP contribution in [0.4, 0.5) is 5.69 Å². The standard InChI is InChI=1S/C23H20ClN3O5S/c1-16-2-9-20(10-3-16)33(29,30)27(19-7-5-18(24)6-8-19)14-23(28)26-25-13-17-4-11-21-22(12-17)32-15-31-21/h2-13H,14-15H2,1H3,(H,26,28)/b25-13-. The van der Waals surface area contributed by atoms with E-state index < -0.39 is 22.5 Å². The summed E-state index contributed by atoms with van der Waals surface area (Å²) in [7, 11) is -4.02. The summed E-state index contributed by atoms with van der Waals surface area (Å²) >= 11 is 5.95. The Bertz CT molecular complexity index is 1290. The molecule has 1 aliphatic heterocycles. The highest BCUT2D eigenvalue weighted by Crippen LogP contribution is 2.32. The first-order valence-corrected chi connectivity index (χ1v) is 11.7. The van der Waals surface area contributed by atoms with Gasteiger partial charge in [0.2, 0.25) is 6.79 Å². The SMILES string of the molecule is Cc1ccc(S(=O)(=O)N(CC(=O)N/N=C\c2ccc3c(c2)OCO3)c2ccc(Cl)cc2)cc1. The maximum Gasteiger partial charge on any atom is 0.264 e. The largest absolute Gasteiger partial charge is 0.454 e. The van der Waals surface area contributed by atoms with Crippen LogP contribution in [0.2, 0.25) is 5.02 Å². The van der Waals surface area contributed by atoms with Crippen molar-refractivity contribution in [2.45, 2.75) is 11.8 Å². The molecular weight excluding hydrogens is 466 g/mol. The molecule has 0 spiro atoms. The minimum Gasteiger partial charge on any atom is -0.454 e. The minimum absolute atomic E-state index is 0.0692. The summed E-state index contributed by atoms with van der Waals surface area (Å²) in [6, 6.07) is 17.8. The number of aryl methyl sites for hydroxylation is 1. The molecule has 8 nitrogen and oxygen atoms in total. The topological polar surface area (TPSA) is 97.3 Å². The first-order chi connectivity index (χ1) is 15.8. The van der Waals surface area contributed by atoms with Crippen molar-refractivity contribution < 1.29 is 22.7 Å². The molecule has 0 fully saturated rings. The predicted molar refractivity (Wildman–Crippen MR) is 125 cm³/mol. The van der Waals surface area contributed by atoms with Crippen LogP contribution in [0.25, 0.3) is 0 Å². The van der Waals surface area contributed by atoms with Gasteiger partial charge >= 0.3 is 0 Å². The Morgan fingerprint density at radius 2 is 1.76 bits per heavy atom. The minimum atomic E-state index is -4.02. The third-order valence-electron chi connectivity index (χ3n) is 4.81. The average molecular weight is 486 g/mol. The van der Waals surface area contributed by atoms with Gasteiger partial charge in [-0.15, -0.1) is 0 Å². The van der Waals surface area contributed by atoms with Crippen LogP contribution in [-0.4, -0.2) is 33.9 Å². The Morgan fingerprint density at radius 1 is 1.06 bits per heavy atom. The Balaban J connectivity index is 1.52. The van der Waals surface area contributed by atoms with E-state index in [1.807, 2.05) is 6.92 Å². The zero-order valence-corrected chi connectivity index (χ0v) is 19.1. The fraction of sp³-hybridized carbons (Fsp3) is 0.130. The second-order valence-corrected chi connectivity index (χ2v) is 9.51. The second kappa shape index (κ2) is 9.51. The summed E-state index contributed by atoms with van der Waals surface area (Å²) in [5, 5.41) is 4.38. The van der Waals surface area contributed by atoms with Crippen LogP contribution in [-0.2, 0) is 14.8 Å². The Hall–Kier alpha value is -3.56. The highest BCUT2D eigenvalue weighted by atomic mass is 35.5. The van der Waals surface area contributed by atoms with Crippen LogP contribution in [0.3, 0.4) is 0 Å². The van der Waals surface area contributed by atoms with Gasteiger partial charge in [-0.05, 0) is 67.1 Å². The number of halogens is 1. The molecule has 0 unspecified atom stereocenters. The third kappa shape index (κ3) is 5.27. The second-order valence-electron chi connectivity index (χ2n) is 7.21. The van der Waals surface area contributed by atoms with Crippen molar-refractivity contribution in [1.82, 2.24) is 5.43 Å². The first-order valence-electron chi connectivity index (χ1n) is 9.89. The molecule has 1 amide bonds. The summed E-state index contributed by atoms with van der Waals surface area (Å²) in [6.45, 7) is 1.54. The van der Waals surface area contributed by atoms with Gasteiger partial charge in [0, 0.05) is 5.02 Å². The van der Waals surface area contributed by atoms with Crippen LogP contribution in [0.5, 0.6) is 11.5 Å². The number of benzene rings is 3. The number of rotatable bonds is 7. The number of hydrogen-bond donors (Lipinski definition) is 1. The molecule has 1 aliphatic rings. The van der Waals surface area contributed by atoms with E-state index in [1.165, 1.54) is 30.5 Å².